The fourth-order valence-electron chi connectivity index (χ4n) is 3.87. The Labute approximate surface area is 125 Å². The molecule has 3 aliphatic rings. The summed E-state index contributed by atoms with van der Waals surface area (Å²) < 4.78 is 5.45. The molecule has 2 amide bonds. The maximum atomic E-state index is 12.7. The number of nitrogens with zero attached hydrogens (tertiary/aromatic N) is 2. The van der Waals surface area contributed by atoms with Gasteiger partial charge in [0.1, 0.15) is 5.54 Å². The van der Waals surface area contributed by atoms with Crippen molar-refractivity contribution < 1.29 is 14.3 Å². The van der Waals surface area contributed by atoms with E-state index >= 15 is 0 Å². The van der Waals surface area contributed by atoms with E-state index in [1.807, 2.05) is 4.90 Å². The first-order valence-electron chi connectivity index (χ1n) is 8.04. The second-order valence-corrected chi connectivity index (χ2v) is 6.25. The van der Waals surface area contributed by atoms with Crippen molar-refractivity contribution in [3.8, 4) is 0 Å². The number of hydrogen-bond donors (Lipinski definition) is 1. The summed E-state index contributed by atoms with van der Waals surface area (Å²) in [6.45, 7) is 3.76. The zero-order valence-corrected chi connectivity index (χ0v) is 12.8. The molecule has 0 spiro atoms. The fourth-order valence-corrected chi connectivity index (χ4v) is 3.87. The Morgan fingerprint density at radius 2 is 1.86 bits per heavy atom. The quantitative estimate of drug-likeness (QED) is 0.795. The van der Waals surface area contributed by atoms with Gasteiger partial charge in [-0.3, -0.25) is 14.5 Å². The number of amides is 2. The van der Waals surface area contributed by atoms with Gasteiger partial charge in [0, 0.05) is 39.9 Å². The van der Waals surface area contributed by atoms with E-state index in [0.717, 1.165) is 38.9 Å². The van der Waals surface area contributed by atoms with Crippen LogP contribution in [0.3, 0.4) is 0 Å². The first-order valence-corrected chi connectivity index (χ1v) is 8.04. The zero-order valence-electron chi connectivity index (χ0n) is 12.8. The summed E-state index contributed by atoms with van der Waals surface area (Å²) in [6, 6.07) is -0.124. The molecule has 118 valence electrons. The van der Waals surface area contributed by atoms with Crippen LogP contribution >= 0.6 is 0 Å². The smallest absolute Gasteiger partial charge is 0.240 e. The average Bonchev–Trinajstić information content (AvgIpc) is 2.95. The molecule has 3 rings (SSSR count). The molecule has 1 N–H and O–H groups in total. The highest BCUT2D eigenvalue weighted by Crippen LogP contribution is 2.36. The molecular formula is C15H25N3O3. The molecule has 3 saturated heterocycles. The van der Waals surface area contributed by atoms with Crippen LogP contribution in [0.5, 0.6) is 0 Å². The van der Waals surface area contributed by atoms with Crippen molar-refractivity contribution in [2.24, 2.45) is 0 Å². The molecule has 3 heterocycles. The minimum atomic E-state index is -0.561. The molecule has 21 heavy (non-hydrogen) atoms. The number of nitrogens with one attached hydrogen (secondary N) is 1. The van der Waals surface area contributed by atoms with Crippen LogP contribution in [-0.2, 0) is 14.3 Å². The molecule has 0 radical (unpaired) electrons. The van der Waals surface area contributed by atoms with E-state index in [1.54, 1.807) is 7.05 Å². The third-order valence-electron chi connectivity index (χ3n) is 5.23. The van der Waals surface area contributed by atoms with Crippen LogP contribution in [0.2, 0.25) is 0 Å². The van der Waals surface area contributed by atoms with Gasteiger partial charge < -0.3 is 15.0 Å². The number of likely N-dealkylation sites (tertiary alicyclic amines) is 2. The Hall–Kier alpha value is -1.14. The second kappa shape index (κ2) is 5.93. The Morgan fingerprint density at radius 3 is 2.43 bits per heavy atom. The van der Waals surface area contributed by atoms with Gasteiger partial charge in [0.25, 0.3) is 0 Å². The third-order valence-corrected chi connectivity index (χ3v) is 5.23. The summed E-state index contributed by atoms with van der Waals surface area (Å²) in [4.78, 5) is 29.3. The topological polar surface area (TPSA) is 61.9 Å². The normalized spacial score (nSPS) is 29.0. The summed E-state index contributed by atoms with van der Waals surface area (Å²) in [5.74, 6) is 0.252. The summed E-state index contributed by atoms with van der Waals surface area (Å²) in [5, 5.41) is 2.81. The first-order chi connectivity index (χ1) is 10.2. The van der Waals surface area contributed by atoms with Crippen molar-refractivity contribution in [3.05, 3.63) is 0 Å². The predicted molar refractivity (Wildman–Crippen MR) is 77.8 cm³/mol. The number of carbonyl (C=O) groups excluding carboxylic acids is 2. The van der Waals surface area contributed by atoms with Crippen molar-refractivity contribution in [1.82, 2.24) is 15.1 Å². The number of likely N-dealkylation sites (N-methyl/N-ethyl adjacent to an activating group) is 1. The van der Waals surface area contributed by atoms with E-state index in [1.165, 1.54) is 0 Å². The molecule has 0 bridgehead atoms. The predicted octanol–water partition coefficient (Wildman–Crippen LogP) is -0.0217. The van der Waals surface area contributed by atoms with Crippen molar-refractivity contribution in [3.63, 3.8) is 0 Å². The summed E-state index contributed by atoms with van der Waals surface area (Å²) in [5.41, 5.74) is -0.561. The van der Waals surface area contributed by atoms with Crippen LogP contribution in [0.25, 0.3) is 0 Å². The Kier molecular flexibility index (Phi) is 4.17. The van der Waals surface area contributed by atoms with Crippen LogP contribution in [-0.4, -0.2) is 73.1 Å². The van der Waals surface area contributed by atoms with Gasteiger partial charge >= 0.3 is 0 Å². The Balaban J connectivity index is 1.83. The van der Waals surface area contributed by atoms with E-state index in [2.05, 4.69) is 10.2 Å². The van der Waals surface area contributed by atoms with Crippen LogP contribution < -0.4 is 5.32 Å². The van der Waals surface area contributed by atoms with E-state index in [0.29, 0.717) is 26.1 Å². The van der Waals surface area contributed by atoms with Crippen LogP contribution in [0.15, 0.2) is 0 Å². The molecule has 0 unspecified atom stereocenters. The lowest BCUT2D eigenvalue weighted by molar-refractivity contribution is -0.150. The SMILES string of the molecule is CNC(=O)C1(N2CCC[C@H]2C(=O)N2CCC2)CCOCC1. The monoisotopic (exact) mass is 295 g/mol. The molecule has 6 nitrogen and oxygen atoms in total. The van der Waals surface area contributed by atoms with Gasteiger partial charge in [-0.1, -0.05) is 0 Å². The summed E-state index contributed by atoms with van der Waals surface area (Å²) >= 11 is 0. The minimum absolute atomic E-state index is 0.0362. The maximum absolute atomic E-state index is 12.7. The van der Waals surface area contributed by atoms with E-state index < -0.39 is 5.54 Å². The highest BCUT2D eigenvalue weighted by Gasteiger charge is 2.51. The zero-order chi connectivity index (χ0) is 14.9. The average molecular weight is 295 g/mol. The number of ether oxygens (including phenoxy) is 1. The molecule has 1 atom stereocenters. The molecule has 0 aromatic carbocycles. The lowest BCUT2D eigenvalue weighted by Crippen LogP contribution is -2.65. The molecule has 0 saturated carbocycles. The lowest BCUT2D eigenvalue weighted by atomic mass is 9.86. The van der Waals surface area contributed by atoms with Crippen molar-refractivity contribution in [2.75, 3.05) is 39.9 Å². The fraction of sp³-hybridized carbons (Fsp3) is 0.867. The molecule has 0 aromatic heterocycles. The van der Waals surface area contributed by atoms with Gasteiger partial charge in [0.15, 0.2) is 0 Å². The molecular weight excluding hydrogens is 270 g/mol. The van der Waals surface area contributed by atoms with Gasteiger partial charge in [0.2, 0.25) is 11.8 Å². The Morgan fingerprint density at radius 1 is 1.14 bits per heavy atom. The van der Waals surface area contributed by atoms with Crippen molar-refractivity contribution in [2.45, 2.75) is 43.7 Å². The number of hydrogen-bond acceptors (Lipinski definition) is 4. The van der Waals surface area contributed by atoms with E-state index in [4.69, 9.17) is 4.74 Å². The van der Waals surface area contributed by atoms with E-state index in [-0.39, 0.29) is 17.9 Å². The largest absolute Gasteiger partial charge is 0.381 e. The van der Waals surface area contributed by atoms with Gasteiger partial charge in [-0.05, 0) is 32.1 Å². The van der Waals surface area contributed by atoms with Gasteiger partial charge in [-0.2, -0.15) is 0 Å². The maximum Gasteiger partial charge on any atom is 0.240 e. The van der Waals surface area contributed by atoms with E-state index in [9.17, 15) is 9.59 Å². The minimum Gasteiger partial charge on any atom is -0.381 e. The molecule has 6 heteroatoms. The Bertz CT molecular complexity index is 416. The lowest BCUT2D eigenvalue weighted by Gasteiger charge is -2.46. The highest BCUT2D eigenvalue weighted by molar-refractivity contribution is 5.89. The summed E-state index contributed by atoms with van der Waals surface area (Å²) in [7, 11) is 1.68. The standard InChI is InChI=1S/C15H25N3O3/c1-16-14(20)15(5-10-21-11-6-15)18-9-2-4-12(18)13(19)17-7-3-8-17/h12H,2-11H2,1H3,(H,16,20)/t12-/m0/s1. The van der Waals surface area contributed by atoms with Gasteiger partial charge in [-0.25, -0.2) is 0 Å². The van der Waals surface area contributed by atoms with Crippen molar-refractivity contribution >= 4 is 11.8 Å². The van der Waals surface area contributed by atoms with Crippen LogP contribution in [0, 0.1) is 0 Å². The molecule has 0 aromatic rings. The molecule has 0 aliphatic carbocycles. The highest BCUT2D eigenvalue weighted by atomic mass is 16.5. The van der Waals surface area contributed by atoms with Crippen molar-refractivity contribution in [1.29, 1.82) is 0 Å². The summed E-state index contributed by atoms with van der Waals surface area (Å²) in [6.07, 6.45) is 4.32. The van der Waals surface area contributed by atoms with Crippen LogP contribution in [0.1, 0.15) is 32.1 Å². The third kappa shape index (κ3) is 2.44. The van der Waals surface area contributed by atoms with Gasteiger partial charge in [-0.15, -0.1) is 0 Å². The van der Waals surface area contributed by atoms with Crippen LogP contribution in [0.4, 0.5) is 0 Å². The second-order valence-electron chi connectivity index (χ2n) is 6.25. The molecule has 3 fully saturated rings. The first kappa shape index (κ1) is 14.8. The number of carbonyl (C=O) groups is 2. The molecule has 3 aliphatic heterocycles. The van der Waals surface area contributed by atoms with Gasteiger partial charge in [0.05, 0.1) is 6.04 Å². The number of rotatable bonds is 3.